The number of pyridine rings is 1. The van der Waals surface area contributed by atoms with Crippen LogP contribution < -0.4 is 5.32 Å². The lowest BCUT2D eigenvalue weighted by Crippen LogP contribution is -2.16. The fourth-order valence-electron chi connectivity index (χ4n) is 2.68. The number of rotatable bonds is 4. The Hall–Kier alpha value is -3.10. The molecule has 0 fully saturated rings. The van der Waals surface area contributed by atoms with E-state index < -0.39 is 12.0 Å². The lowest BCUT2D eigenvalue weighted by Gasteiger charge is -2.12. The molecule has 142 valence electrons. The van der Waals surface area contributed by atoms with E-state index in [1.807, 2.05) is 13.8 Å². The first-order valence-corrected chi connectivity index (χ1v) is 8.20. The van der Waals surface area contributed by atoms with Crippen molar-refractivity contribution >= 4 is 22.8 Å². The Bertz CT molecular complexity index is 979. The van der Waals surface area contributed by atoms with E-state index in [9.17, 15) is 23.1 Å². The van der Waals surface area contributed by atoms with E-state index >= 15 is 0 Å². The van der Waals surface area contributed by atoms with Crippen molar-refractivity contribution in [3.63, 3.8) is 0 Å². The molecule has 0 aliphatic heterocycles. The summed E-state index contributed by atoms with van der Waals surface area (Å²) in [6.07, 6.45) is -3.15. The average Bonchev–Trinajstić information content (AvgIpc) is 2.93. The Morgan fingerprint density at radius 2 is 2.00 bits per heavy atom. The Morgan fingerprint density at radius 3 is 2.59 bits per heavy atom. The van der Waals surface area contributed by atoms with Gasteiger partial charge in [-0.15, -0.1) is 0 Å². The first kappa shape index (κ1) is 18.7. The smallest absolute Gasteiger partial charge is 0.450 e. The SMILES string of the molecule is CC(C)CC(=O)Nc1ccc(-n2c(C(F)(F)F)nc3cc(O)ccc32)cn1. The number of amides is 1. The van der Waals surface area contributed by atoms with Crippen molar-refractivity contribution in [3.05, 3.63) is 42.4 Å². The van der Waals surface area contributed by atoms with Crippen LogP contribution >= 0.6 is 0 Å². The number of anilines is 1. The molecule has 0 atom stereocenters. The fourth-order valence-corrected chi connectivity index (χ4v) is 2.68. The summed E-state index contributed by atoms with van der Waals surface area (Å²) in [6.45, 7) is 3.80. The van der Waals surface area contributed by atoms with Gasteiger partial charge in [0, 0.05) is 12.5 Å². The molecule has 27 heavy (non-hydrogen) atoms. The summed E-state index contributed by atoms with van der Waals surface area (Å²) in [6, 6.07) is 6.65. The largest absolute Gasteiger partial charge is 0.508 e. The van der Waals surface area contributed by atoms with E-state index in [1.165, 1.54) is 30.5 Å². The second-order valence-electron chi connectivity index (χ2n) is 6.49. The Labute approximate surface area is 152 Å². The van der Waals surface area contributed by atoms with Gasteiger partial charge >= 0.3 is 6.18 Å². The van der Waals surface area contributed by atoms with E-state index in [2.05, 4.69) is 15.3 Å². The van der Waals surface area contributed by atoms with Crippen molar-refractivity contribution in [3.8, 4) is 11.4 Å². The minimum atomic E-state index is -4.70. The van der Waals surface area contributed by atoms with Crippen LogP contribution in [0.15, 0.2) is 36.5 Å². The monoisotopic (exact) mass is 378 g/mol. The van der Waals surface area contributed by atoms with Crippen LogP contribution in [-0.2, 0) is 11.0 Å². The molecule has 0 saturated heterocycles. The van der Waals surface area contributed by atoms with E-state index in [0.29, 0.717) is 6.42 Å². The normalized spacial score (nSPS) is 11.9. The number of nitrogens with zero attached hydrogens (tertiary/aromatic N) is 3. The number of halogens is 3. The van der Waals surface area contributed by atoms with Crippen LogP contribution in [0, 0.1) is 5.92 Å². The van der Waals surface area contributed by atoms with Crippen molar-refractivity contribution < 1.29 is 23.1 Å². The number of benzene rings is 1. The summed E-state index contributed by atoms with van der Waals surface area (Å²) in [5, 5.41) is 12.1. The second kappa shape index (κ2) is 6.90. The molecule has 1 aromatic carbocycles. The maximum atomic E-state index is 13.4. The van der Waals surface area contributed by atoms with Crippen LogP contribution in [0.3, 0.4) is 0 Å². The van der Waals surface area contributed by atoms with Crippen LogP contribution in [0.25, 0.3) is 16.7 Å². The van der Waals surface area contributed by atoms with E-state index in [4.69, 9.17) is 0 Å². The highest BCUT2D eigenvalue weighted by molar-refractivity contribution is 5.90. The van der Waals surface area contributed by atoms with Gasteiger partial charge < -0.3 is 10.4 Å². The first-order chi connectivity index (χ1) is 12.6. The van der Waals surface area contributed by atoms with Crippen LogP contribution in [0.1, 0.15) is 26.1 Å². The number of carbonyl (C=O) groups is 1. The molecule has 0 aliphatic rings. The van der Waals surface area contributed by atoms with Crippen molar-refractivity contribution in [2.24, 2.45) is 5.92 Å². The first-order valence-electron chi connectivity index (χ1n) is 8.20. The van der Waals surface area contributed by atoms with Crippen LogP contribution in [0.5, 0.6) is 5.75 Å². The number of hydrogen-bond donors (Lipinski definition) is 2. The summed E-state index contributed by atoms with van der Waals surface area (Å²) in [5.41, 5.74) is 0.326. The average molecular weight is 378 g/mol. The summed E-state index contributed by atoms with van der Waals surface area (Å²) in [5.74, 6) is -1.10. The predicted octanol–water partition coefficient (Wildman–Crippen LogP) is 4.13. The summed E-state index contributed by atoms with van der Waals surface area (Å²) in [7, 11) is 0. The molecule has 3 rings (SSSR count). The third kappa shape index (κ3) is 4.02. The zero-order valence-electron chi connectivity index (χ0n) is 14.6. The molecule has 2 aromatic heterocycles. The number of nitrogens with one attached hydrogen (secondary N) is 1. The molecule has 0 unspecified atom stereocenters. The lowest BCUT2D eigenvalue weighted by atomic mass is 10.1. The van der Waals surface area contributed by atoms with Gasteiger partial charge in [0.2, 0.25) is 11.7 Å². The summed E-state index contributed by atoms with van der Waals surface area (Å²) < 4.78 is 41.2. The number of phenolic OH excluding ortho intramolecular Hbond substituents is 1. The molecule has 0 spiro atoms. The van der Waals surface area contributed by atoms with E-state index in [-0.39, 0.29) is 40.1 Å². The summed E-state index contributed by atoms with van der Waals surface area (Å²) >= 11 is 0. The predicted molar refractivity (Wildman–Crippen MR) is 93.6 cm³/mol. The molecule has 1 amide bonds. The van der Waals surface area contributed by atoms with Gasteiger partial charge in [0.25, 0.3) is 0 Å². The Kier molecular flexibility index (Phi) is 4.77. The van der Waals surface area contributed by atoms with Crippen LogP contribution in [0.2, 0.25) is 0 Å². The molecule has 6 nitrogen and oxygen atoms in total. The fraction of sp³-hybridized carbons (Fsp3) is 0.278. The van der Waals surface area contributed by atoms with E-state index in [1.54, 1.807) is 0 Å². The highest BCUT2D eigenvalue weighted by Gasteiger charge is 2.38. The molecule has 3 aromatic rings. The number of hydrogen-bond acceptors (Lipinski definition) is 4. The van der Waals surface area contributed by atoms with Crippen molar-refractivity contribution in [1.29, 1.82) is 0 Å². The molecule has 0 radical (unpaired) electrons. The van der Waals surface area contributed by atoms with Gasteiger partial charge in [-0.3, -0.25) is 9.36 Å². The van der Waals surface area contributed by atoms with Crippen molar-refractivity contribution in [2.75, 3.05) is 5.32 Å². The van der Waals surface area contributed by atoms with Crippen molar-refractivity contribution in [2.45, 2.75) is 26.4 Å². The van der Waals surface area contributed by atoms with Crippen LogP contribution in [-0.4, -0.2) is 25.5 Å². The molecule has 2 heterocycles. The number of alkyl halides is 3. The topological polar surface area (TPSA) is 80.0 Å². The highest BCUT2D eigenvalue weighted by Crippen LogP contribution is 2.34. The zero-order chi connectivity index (χ0) is 19.8. The number of imidazole rings is 1. The Morgan fingerprint density at radius 1 is 1.26 bits per heavy atom. The van der Waals surface area contributed by atoms with Crippen molar-refractivity contribution in [1.82, 2.24) is 14.5 Å². The molecular weight excluding hydrogens is 361 g/mol. The van der Waals surface area contributed by atoms with Gasteiger partial charge in [-0.1, -0.05) is 13.8 Å². The number of phenols is 1. The van der Waals surface area contributed by atoms with Gasteiger partial charge in [0.1, 0.15) is 11.6 Å². The number of carbonyl (C=O) groups excluding carboxylic acids is 1. The van der Waals surface area contributed by atoms with Gasteiger partial charge in [0.05, 0.1) is 22.9 Å². The quantitative estimate of drug-likeness (QED) is 0.715. The molecule has 9 heteroatoms. The molecular formula is C18H17F3N4O2. The number of fused-ring (bicyclic) bond motifs is 1. The standard InChI is InChI=1S/C18H17F3N4O2/c1-10(2)7-16(27)24-15-6-3-11(9-22-15)25-14-5-4-12(26)8-13(14)23-17(25)18(19,20)21/h3-6,8-10,26H,7H2,1-2H3,(H,22,24,27). The molecule has 2 N–H and O–H groups in total. The van der Waals surface area contributed by atoms with Gasteiger partial charge in [0.15, 0.2) is 0 Å². The number of aromatic nitrogens is 3. The lowest BCUT2D eigenvalue weighted by molar-refractivity contribution is -0.145. The number of aromatic hydroxyl groups is 1. The molecule has 0 aliphatic carbocycles. The zero-order valence-corrected chi connectivity index (χ0v) is 14.6. The van der Waals surface area contributed by atoms with E-state index in [0.717, 1.165) is 10.6 Å². The highest BCUT2D eigenvalue weighted by atomic mass is 19.4. The van der Waals surface area contributed by atoms with Gasteiger partial charge in [-0.05, 0) is 30.2 Å². The van der Waals surface area contributed by atoms with Gasteiger partial charge in [-0.2, -0.15) is 13.2 Å². The molecule has 0 bridgehead atoms. The maximum absolute atomic E-state index is 13.4. The van der Waals surface area contributed by atoms with Crippen LogP contribution in [0.4, 0.5) is 19.0 Å². The Balaban J connectivity index is 2.01. The third-order valence-electron chi connectivity index (χ3n) is 3.76. The third-order valence-corrected chi connectivity index (χ3v) is 3.76. The minimum absolute atomic E-state index is 0.0108. The second-order valence-corrected chi connectivity index (χ2v) is 6.49. The summed E-state index contributed by atoms with van der Waals surface area (Å²) in [4.78, 5) is 19.4. The minimum Gasteiger partial charge on any atom is -0.508 e. The molecule has 0 saturated carbocycles. The maximum Gasteiger partial charge on any atom is 0.450 e. The van der Waals surface area contributed by atoms with Gasteiger partial charge in [-0.25, -0.2) is 9.97 Å².